The molecule has 1 amide bonds. The molecule has 7 nitrogen and oxygen atoms in total. The van der Waals surface area contributed by atoms with Crippen LogP contribution in [-0.4, -0.2) is 39.5 Å². The van der Waals surface area contributed by atoms with Gasteiger partial charge in [0.15, 0.2) is 6.61 Å². The third kappa shape index (κ3) is 4.64. The van der Waals surface area contributed by atoms with Gasteiger partial charge in [-0.05, 0) is 49.1 Å². The Morgan fingerprint density at radius 1 is 1.17 bits per heavy atom. The number of carbonyl (C=O) groups excluding carboxylic acids is 2. The first-order valence-electron chi connectivity index (χ1n) is 9.86. The molecule has 8 heteroatoms. The minimum atomic E-state index is -3.86. The highest BCUT2D eigenvalue weighted by Crippen LogP contribution is 2.36. The van der Waals surface area contributed by atoms with Crippen molar-refractivity contribution in [2.75, 3.05) is 17.5 Å². The van der Waals surface area contributed by atoms with Gasteiger partial charge in [0.2, 0.25) is 0 Å². The van der Waals surface area contributed by atoms with Crippen molar-refractivity contribution >= 4 is 27.6 Å². The zero-order chi connectivity index (χ0) is 21.9. The van der Waals surface area contributed by atoms with E-state index in [2.05, 4.69) is 5.32 Å². The molecule has 1 N–H and O–H groups in total. The lowest BCUT2D eigenvalue weighted by Crippen LogP contribution is -2.35. The van der Waals surface area contributed by atoms with Crippen molar-refractivity contribution in [3.63, 3.8) is 0 Å². The largest absolute Gasteiger partial charge is 0.452 e. The fourth-order valence-corrected chi connectivity index (χ4v) is 5.12. The fourth-order valence-electron chi connectivity index (χ4n) is 3.38. The van der Waals surface area contributed by atoms with Crippen LogP contribution in [0.2, 0.25) is 0 Å². The Hall–Kier alpha value is -2.87. The highest BCUT2D eigenvalue weighted by atomic mass is 32.2. The minimum absolute atomic E-state index is 0.00441. The Morgan fingerprint density at radius 3 is 2.63 bits per heavy atom. The molecule has 0 bridgehead atoms. The molecule has 1 aliphatic rings. The van der Waals surface area contributed by atoms with E-state index in [-0.39, 0.29) is 22.4 Å². The summed E-state index contributed by atoms with van der Waals surface area (Å²) in [5.41, 5.74) is 1.70. The van der Waals surface area contributed by atoms with Crippen LogP contribution in [0.5, 0.6) is 0 Å². The molecule has 1 aliphatic heterocycles. The number of nitrogens with zero attached hydrogens (tertiary/aromatic N) is 1. The van der Waals surface area contributed by atoms with Crippen molar-refractivity contribution in [1.82, 2.24) is 5.32 Å². The zero-order valence-corrected chi connectivity index (χ0v) is 18.1. The second-order valence-corrected chi connectivity index (χ2v) is 9.60. The SMILES string of the molecule is CC(C)CNC(=O)COC(=O)c1cccc(S(=O)(=O)N2c3ccccc3C[C@@H]2C)c1. The summed E-state index contributed by atoms with van der Waals surface area (Å²) < 4.78 is 33.0. The summed E-state index contributed by atoms with van der Waals surface area (Å²) in [6.45, 7) is 5.83. The van der Waals surface area contributed by atoms with E-state index in [1.54, 1.807) is 12.1 Å². The van der Waals surface area contributed by atoms with Crippen LogP contribution in [0.4, 0.5) is 5.69 Å². The first kappa shape index (κ1) is 21.8. The van der Waals surface area contributed by atoms with E-state index in [4.69, 9.17) is 4.74 Å². The van der Waals surface area contributed by atoms with Gasteiger partial charge in [-0.3, -0.25) is 9.10 Å². The van der Waals surface area contributed by atoms with E-state index in [0.717, 1.165) is 5.56 Å². The first-order chi connectivity index (χ1) is 14.2. The second kappa shape index (κ2) is 8.87. The number of sulfonamides is 1. The molecule has 160 valence electrons. The lowest BCUT2D eigenvalue weighted by atomic mass is 10.1. The van der Waals surface area contributed by atoms with Crippen LogP contribution in [0.3, 0.4) is 0 Å². The van der Waals surface area contributed by atoms with E-state index >= 15 is 0 Å². The van der Waals surface area contributed by atoms with Crippen LogP contribution in [0, 0.1) is 5.92 Å². The molecule has 0 fully saturated rings. The van der Waals surface area contributed by atoms with Gasteiger partial charge >= 0.3 is 5.97 Å². The Balaban J connectivity index is 1.76. The van der Waals surface area contributed by atoms with Gasteiger partial charge < -0.3 is 10.1 Å². The molecular formula is C22H26N2O5S. The first-order valence-corrected chi connectivity index (χ1v) is 11.3. The topological polar surface area (TPSA) is 92.8 Å². The van der Waals surface area contributed by atoms with Crippen molar-refractivity contribution < 1.29 is 22.7 Å². The smallest absolute Gasteiger partial charge is 0.338 e. The molecule has 1 atom stereocenters. The molecule has 0 aliphatic carbocycles. The number of hydrogen-bond acceptors (Lipinski definition) is 5. The number of nitrogens with one attached hydrogen (secondary N) is 1. The molecule has 0 aromatic heterocycles. The Morgan fingerprint density at radius 2 is 1.90 bits per heavy atom. The van der Waals surface area contributed by atoms with Crippen LogP contribution in [0.15, 0.2) is 53.4 Å². The van der Waals surface area contributed by atoms with E-state index in [9.17, 15) is 18.0 Å². The van der Waals surface area contributed by atoms with Gasteiger partial charge in [0.1, 0.15) is 0 Å². The Labute approximate surface area is 177 Å². The fraction of sp³-hybridized carbons (Fsp3) is 0.364. The molecule has 2 aromatic carbocycles. The number of carbonyl (C=O) groups is 2. The number of amides is 1. The Kier molecular flexibility index (Phi) is 6.45. The van der Waals surface area contributed by atoms with Gasteiger partial charge in [0, 0.05) is 12.6 Å². The van der Waals surface area contributed by atoms with Crippen LogP contribution in [0.25, 0.3) is 0 Å². The monoisotopic (exact) mass is 430 g/mol. The van der Waals surface area contributed by atoms with Gasteiger partial charge in [-0.2, -0.15) is 0 Å². The maximum absolute atomic E-state index is 13.3. The number of anilines is 1. The summed E-state index contributed by atoms with van der Waals surface area (Å²) >= 11 is 0. The van der Waals surface area contributed by atoms with E-state index in [1.807, 2.05) is 32.9 Å². The maximum atomic E-state index is 13.3. The molecule has 1 heterocycles. The molecule has 0 saturated carbocycles. The molecule has 2 aromatic rings. The predicted molar refractivity (Wildman–Crippen MR) is 114 cm³/mol. The molecule has 3 rings (SSSR count). The quantitative estimate of drug-likeness (QED) is 0.682. The molecule has 0 unspecified atom stereocenters. The third-order valence-corrected chi connectivity index (χ3v) is 6.74. The summed E-state index contributed by atoms with van der Waals surface area (Å²) in [5.74, 6) is -0.866. The van der Waals surface area contributed by atoms with Gasteiger partial charge in [0.05, 0.1) is 16.1 Å². The van der Waals surface area contributed by atoms with Gasteiger partial charge in [-0.15, -0.1) is 0 Å². The van der Waals surface area contributed by atoms with E-state index in [0.29, 0.717) is 18.7 Å². The second-order valence-electron chi connectivity index (χ2n) is 7.78. The number of para-hydroxylation sites is 1. The standard InChI is InChI=1S/C22H26N2O5S/c1-15(2)13-23-21(25)14-29-22(26)18-8-6-9-19(12-18)30(27,28)24-16(3)11-17-7-4-5-10-20(17)24/h4-10,12,15-16H,11,13-14H2,1-3H3,(H,23,25)/t16-/m0/s1. The van der Waals surface area contributed by atoms with Crippen LogP contribution in [-0.2, 0) is 26.0 Å². The number of esters is 1. The number of fused-ring (bicyclic) bond motifs is 1. The van der Waals surface area contributed by atoms with Crippen molar-refractivity contribution in [2.24, 2.45) is 5.92 Å². The predicted octanol–water partition coefficient (Wildman–Crippen LogP) is 2.76. The third-order valence-electron chi connectivity index (χ3n) is 4.81. The lowest BCUT2D eigenvalue weighted by Gasteiger charge is -2.24. The zero-order valence-electron chi connectivity index (χ0n) is 17.3. The molecule has 30 heavy (non-hydrogen) atoms. The number of ether oxygens (including phenoxy) is 1. The molecular weight excluding hydrogens is 404 g/mol. The van der Waals surface area contributed by atoms with E-state index in [1.165, 1.54) is 28.6 Å². The maximum Gasteiger partial charge on any atom is 0.338 e. The van der Waals surface area contributed by atoms with Crippen molar-refractivity contribution in [2.45, 2.75) is 38.1 Å². The summed E-state index contributed by atoms with van der Waals surface area (Å²) in [5, 5.41) is 2.66. The average Bonchev–Trinajstić information content (AvgIpc) is 3.06. The van der Waals surface area contributed by atoms with Crippen molar-refractivity contribution in [3.8, 4) is 0 Å². The van der Waals surface area contributed by atoms with Gasteiger partial charge in [-0.25, -0.2) is 13.2 Å². The van der Waals surface area contributed by atoms with Crippen LogP contribution in [0.1, 0.15) is 36.7 Å². The molecule has 0 radical (unpaired) electrons. The molecule has 0 spiro atoms. The van der Waals surface area contributed by atoms with Crippen molar-refractivity contribution in [1.29, 1.82) is 0 Å². The highest BCUT2D eigenvalue weighted by Gasteiger charge is 2.36. The van der Waals surface area contributed by atoms with Crippen LogP contribution < -0.4 is 9.62 Å². The van der Waals surface area contributed by atoms with E-state index < -0.39 is 28.5 Å². The van der Waals surface area contributed by atoms with Crippen LogP contribution >= 0.6 is 0 Å². The number of benzene rings is 2. The Bertz CT molecular complexity index is 1050. The summed E-state index contributed by atoms with van der Waals surface area (Å²) in [6, 6.07) is 12.9. The summed E-state index contributed by atoms with van der Waals surface area (Å²) in [6.07, 6.45) is 0.628. The molecule has 0 saturated heterocycles. The van der Waals surface area contributed by atoms with Crippen molar-refractivity contribution in [3.05, 3.63) is 59.7 Å². The normalized spacial score (nSPS) is 15.7. The lowest BCUT2D eigenvalue weighted by molar-refractivity contribution is -0.124. The highest BCUT2D eigenvalue weighted by molar-refractivity contribution is 7.92. The van der Waals surface area contributed by atoms with Gasteiger partial charge in [0.25, 0.3) is 15.9 Å². The summed E-state index contributed by atoms with van der Waals surface area (Å²) in [7, 11) is -3.86. The summed E-state index contributed by atoms with van der Waals surface area (Å²) in [4.78, 5) is 24.1. The number of hydrogen-bond donors (Lipinski definition) is 1. The number of rotatable bonds is 7. The average molecular weight is 431 g/mol. The van der Waals surface area contributed by atoms with Gasteiger partial charge in [-0.1, -0.05) is 38.1 Å². The minimum Gasteiger partial charge on any atom is -0.452 e.